The van der Waals surface area contributed by atoms with E-state index in [0.717, 1.165) is 5.56 Å². The summed E-state index contributed by atoms with van der Waals surface area (Å²) in [6, 6.07) is 9.95. The number of methoxy groups -OCH3 is 1. The Kier molecular flexibility index (Phi) is 3.70. The van der Waals surface area contributed by atoms with E-state index in [4.69, 9.17) is 9.47 Å². The Bertz CT molecular complexity index is 347. The molecular formula is C13H16O3. The third kappa shape index (κ3) is 2.68. The average molecular weight is 220 g/mol. The summed E-state index contributed by atoms with van der Waals surface area (Å²) >= 11 is 0. The van der Waals surface area contributed by atoms with Gasteiger partial charge in [-0.1, -0.05) is 30.3 Å². The molecule has 16 heavy (non-hydrogen) atoms. The predicted octanol–water partition coefficient (Wildman–Crippen LogP) is 1.95. The zero-order chi connectivity index (χ0) is 11.4. The quantitative estimate of drug-likeness (QED) is 0.778. The van der Waals surface area contributed by atoms with Crippen LogP contribution in [0.4, 0.5) is 0 Å². The first-order valence-electron chi connectivity index (χ1n) is 5.49. The Morgan fingerprint density at radius 2 is 1.88 bits per heavy atom. The molecule has 1 aliphatic carbocycles. The highest BCUT2D eigenvalue weighted by molar-refractivity contribution is 5.82. The number of benzene rings is 1. The average Bonchev–Trinajstić information content (AvgIpc) is 2.68. The monoisotopic (exact) mass is 220 g/mol. The molecule has 3 heteroatoms. The summed E-state index contributed by atoms with van der Waals surface area (Å²) in [4.78, 5) is 11.3. The van der Waals surface area contributed by atoms with Gasteiger partial charge in [-0.25, -0.2) is 0 Å². The van der Waals surface area contributed by atoms with Crippen molar-refractivity contribution in [3.8, 4) is 0 Å². The molecule has 86 valence electrons. The van der Waals surface area contributed by atoms with Crippen molar-refractivity contribution in [2.75, 3.05) is 7.11 Å². The molecule has 1 aromatic carbocycles. The van der Waals surface area contributed by atoms with Crippen LogP contribution in [0.5, 0.6) is 0 Å². The van der Waals surface area contributed by atoms with E-state index < -0.39 is 0 Å². The third-order valence-corrected chi connectivity index (χ3v) is 2.88. The van der Waals surface area contributed by atoms with Gasteiger partial charge >= 0.3 is 0 Å². The highest BCUT2D eigenvalue weighted by Gasteiger charge is 2.33. The van der Waals surface area contributed by atoms with Gasteiger partial charge in [0.05, 0.1) is 18.8 Å². The summed E-state index contributed by atoms with van der Waals surface area (Å²) in [7, 11) is 1.63. The van der Waals surface area contributed by atoms with E-state index in [1.807, 2.05) is 30.3 Å². The van der Waals surface area contributed by atoms with Crippen LogP contribution >= 0.6 is 0 Å². The second kappa shape index (κ2) is 5.23. The number of carbonyl (C=O) groups is 1. The summed E-state index contributed by atoms with van der Waals surface area (Å²) < 4.78 is 11.0. The minimum Gasteiger partial charge on any atom is -0.378 e. The van der Waals surface area contributed by atoms with E-state index in [0.29, 0.717) is 19.4 Å². The van der Waals surface area contributed by atoms with Crippen LogP contribution in [-0.2, 0) is 20.9 Å². The number of rotatable bonds is 4. The molecule has 0 heterocycles. The predicted molar refractivity (Wildman–Crippen MR) is 60.1 cm³/mol. The van der Waals surface area contributed by atoms with E-state index in [2.05, 4.69) is 0 Å². The molecule has 0 radical (unpaired) electrons. The first kappa shape index (κ1) is 11.3. The number of hydrogen-bond donors (Lipinski definition) is 0. The molecule has 0 bridgehead atoms. The van der Waals surface area contributed by atoms with Crippen molar-refractivity contribution in [1.82, 2.24) is 0 Å². The third-order valence-electron chi connectivity index (χ3n) is 2.88. The van der Waals surface area contributed by atoms with Crippen LogP contribution in [0.3, 0.4) is 0 Å². The normalized spacial score (nSPS) is 24.9. The van der Waals surface area contributed by atoms with Crippen LogP contribution in [0.25, 0.3) is 0 Å². The molecule has 2 rings (SSSR count). The van der Waals surface area contributed by atoms with Gasteiger partial charge in [0.25, 0.3) is 0 Å². The summed E-state index contributed by atoms with van der Waals surface area (Å²) in [5, 5.41) is 0. The molecule has 1 aromatic rings. The van der Waals surface area contributed by atoms with Crippen molar-refractivity contribution in [2.24, 2.45) is 0 Å². The first-order valence-corrected chi connectivity index (χ1v) is 5.49. The molecule has 2 unspecified atom stereocenters. The largest absolute Gasteiger partial charge is 0.378 e. The van der Waals surface area contributed by atoms with Crippen LogP contribution in [-0.4, -0.2) is 25.1 Å². The van der Waals surface area contributed by atoms with E-state index >= 15 is 0 Å². The Morgan fingerprint density at radius 3 is 2.56 bits per heavy atom. The number of carbonyl (C=O) groups excluding carboxylic acids is 1. The Hall–Kier alpha value is -1.19. The van der Waals surface area contributed by atoms with Gasteiger partial charge in [-0.05, 0) is 5.56 Å². The van der Waals surface area contributed by atoms with Crippen LogP contribution < -0.4 is 0 Å². The van der Waals surface area contributed by atoms with Gasteiger partial charge in [0.1, 0.15) is 5.78 Å². The lowest BCUT2D eigenvalue weighted by Crippen LogP contribution is -2.24. The number of hydrogen-bond acceptors (Lipinski definition) is 3. The van der Waals surface area contributed by atoms with Crippen molar-refractivity contribution in [1.29, 1.82) is 0 Å². The molecule has 0 spiro atoms. The van der Waals surface area contributed by atoms with E-state index in [1.165, 1.54) is 0 Å². The molecule has 0 aliphatic heterocycles. The molecule has 3 nitrogen and oxygen atoms in total. The van der Waals surface area contributed by atoms with Gasteiger partial charge in [0.2, 0.25) is 0 Å². The van der Waals surface area contributed by atoms with Crippen molar-refractivity contribution >= 4 is 5.78 Å². The standard InChI is InChI=1S/C13H16O3/c1-15-12-7-11(14)8-13(12)16-9-10-5-3-2-4-6-10/h2-6,12-13H,7-9H2,1H3. The van der Waals surface area contributed by atoms with Gasteiger partial charge in [-0.3, -0.25) is 4.79 Å². The minimum absolute atomic E-state index is 0.0730. The molecule has 1 aliphatic rings. The second-order valence-electron chi connectivity index (χ2n) is 4.06. The maximum atomic E-state index is 11.3. The van der Waals surface area contributed by atoms with Crippen molar-refractivity contribution in [2.45, 2.75) is 31.7 Å². The lowest BCUT2D eigenvalue weighted by atomic mass is 10.2. The molecule has 1 saturated carbocycles. The topological polar surface area (TPSA) is 35.5 Å². The zero-order valence-electron chi connectivity index (χ0n) is 9.39. The number of Topliss-reactive ketones (excluding diaryl/α,β-unsaturated/α-hetero) is 1. The molecule has 0 aromatic heterocycles. The van der Waals surface area contributed by atoms with Gasteiger partial charge in [-0.2, -0.15) is 0 Å². The fraction of sp³-hybridized carbons (Fsp3) is 0.462. The fourth-order valence-electron chi connectivity index (χ4n) is 1.97. The molecule has 0 N–H and O–H groups in total. The molecule has 0 saturated heterocycles. The zero-order valence-corrected chi connectivity index (χ0v) is 9.39. The van der Waals surface area contributed by atoms with Crippen LogP contribution in [0.2, 0.25) is 0 Å². The summed E-state index contributed by atoms with van der Waals surface area (Å²) in [6.45, 7) is 0.540. The highest BCUT2D eigenvalue weighted by atomic mass is 16.5. The van der Waals surface area contributed by atoms with Crippen molar-refractivity contribution < 1.29 is 14.3 Å². The van der Waals surface area contributed by atoms with Gasteiger partial charge in [0.15, 0.2) is 0 Å². The van der Waals surface area contributed by atoms with Crippen LogP contribution in [0.15, 0.2) is 30.3 Å². The summed E-state index contributed by atoms with van der Waals surface area (Å²) in [5.74, 6) is 0.227. The second-order valence-corrected chi connectivity index (χ2v) is 4.06. The summed E-state index contributed by atoms with van der Waals surface area (Å²) in [5.41, 5.74) is 1.12. The van der Waals surface area contributed by atoms with Gasteiger partial charge < -0.3 is 9.47 Å². The van der Waals surface area contributed by atoms with Gasteiger partial charge in [0, 0.05) is 20.0 Å². The lowest BCUT2D eigenvalue weighted by molar-refractivity contribution is -0.118. The van der Waals surface area contributed by atoms with E-state index in [9.17, 15) is 4.79 Å². The molecule has 2 atom stereocenters. The van der Waals surface area contributed by atoms with Crippen LogP contribution in [0.1, 0.15) is 18.4 Å². The lowest BCUT2D eigenvalue weighted by Gasteiger charge is -2.17. The van der Waals surface area contributed by atoms with E-state index in [-0.39, 0.29) is 18.0 Å². The van der Waals surface area contributed by atoms with Crippen LogP contribution in [0, 0.1) is 0 Å². The maximum Gasteiger partial charge on any atom is 0.138 e. The first-order chi connectivity index (χ1) is 7.79. The van der Waals surface area contributed by atoms with Crippen molar-refractivity contribution in [3.05, 3.63) is 35.9 Å². The Labute approximate surface area is 95.4 Å². The number of ketones is 1. The minimum atomic E-state index is -0.0855. The maximum absolute atomic E-state index is 11.3. The van der Waals surface area contributed by atoms with Gasteiger partial charge in [-0.15, -0.1) is 0 Å². The number of ether oxygens (including phenoxy) is 2. The smallest absolute Gasteiger partial charge is 0.138 e. The molecule has 1 fully saturated rings. The highest BCUT2D eigenvalue weighted by Crippen LogP contribution is 2.22. The molecule has 0 amide bonds. The van der Waals surface area contributed by atoms with E-state index in [1.54, 1.807) is 7.11 Å². The summed E-state index contributed by atoms with van der Waals surface area (Å²) in [6.07, 6.45) is 0.801. The fourth-order valence-corrected chi connectivity index (χ4v) is 1.97. The van der Waals surface area contributed by atoms with Crippen molar-refractivity contribution in [3.63, 3.8) is 0 Å². The molecular weight excluding hydrogens is 204 g/mol. The Morgan fingerprint density at radius 1 is 1.19 bits per heavy atom. The Balaban J connectivity index is 1.88. The SMILES string of the molecule is COC1CC(=O)CC1OCc1ccccc1.